The number of pyridine rings is 1. The number of H-pyrrole nitrogens is 1. The molecule has 2 heterocycles. The lowest BCUT2D eigenvalue weighted by atomic mass is 10.0. The molecule has 0 aliphatic rings. The van der Waals surface area contributed by atoms with Crippen molar-refractivity contribution in [3.8, 4) is 11.1 Å². The fraction of sp³-hybridized carbons (Fsp3) is 0.235. The maximum Gasteiger partial charge on any atom is 0.278 e. The predicted octanol–water partition coefficient (Wildman–Crippen LogP) is 2.79. The maximum absolute atomic E-state index is 12.9. The zero-order chi connectivity index (χ0) is 18.7. The van der Waals surface area contributed by atoms with E-state index in [2.05, 4.69) is 14.7 Å². The van der Waals surface area contributed by atoms with Crippen molar-refractivity contribution in [1.29, 1.82) is 0 Å². The second kappa shape index (κ2) is 7.48. The van der Waals surface area contributed by atoms with Crippen LogP contribution in [0.3, 0.4) is 0 Å². The number of nitrogens with zero attached hydrogens (tertiary/aromatic N) is 1. The summed E-state index contributed by atoms with van der Waals surface area (Å²) in [4.78, 5) is 6.79. The average Bonchev–Trinajstić information content (AvgIpc) is 3.06. The number of halogens is 2. The molecule has 4 N–H and O–H groups in total. The van der Waals surface area contributed by atoms with Crippen molar-refractivity contribution in [2.45, 2.75) is 17.7 Å². The van der Waals surface area contributed by atoms with Crippen LogP contribution in [0.2, 0.25) is 0 Å². The summed E-state index contributed by atoms with van der Waals surface area (Å²) in [6, 6.07) is 9.30. The van der Waals surface area contributed by atoms with Gasteiger partial charge in [0.2, 0.25) is 10.0 Å². The third kappa shape index (κ3) is 3.74. The normalized spacial score (nSPS) is 12.2. The Hall–Kier alpha value is -2.36. The molecule has 138 valence electrons. The molecule has 0 saturated carbocycles. The van der Waals surface area contributed by atoms with Gasteiger partial charge in [-0.1, -0.05) is 12.1 Å². The van der Waals surface area contributed by atoms with Crippen LogP contribution < -0.4 is 10.5 Å². The molecule has 0 fully saturated rings. The molecule has 2 aromatic heterocycles. The molecule has 0 unspecified atom stereocenters. The van der Waals surface area contributed by atoms with Crippen LogP contribution in [0.5, 0.6) is 0 Å². The van der Waals surface area contributed by atoms with Gasteiger partial charge in [-0.3, -0.25) is 0 Å². The first-order valence-electron chi connectivity index (χ1n) is 7.98. The maximum atomic E-state index is 12.9. The van der Waals surface area contributed by atoms with Gasteiger partial charge in [-0.15, -0.1) is 0 Å². The van der Waals surface area contributed by atoms with E-state index in [1.165, 1.54) is 24.4 Å². The summed E-state index contributed by atoms with van der Waals surface area (Å²) in [6.45, 7) is 0.669. The van der Waals surface area contributed by atoms with Gasteiger partial charge in [0.1, 0.15) is 5.65 Å². The number of alkyl halides is 2. The Morgan fingerprint density at radius 2 is 1.92 bits per heavy atom. The zero-order valence-corrected chi connectivity index (χ0v) is 14.6. The number of benzene rings is 1. The fourth-order valence-corrected chi connectivity index (χ4v) is 3.70. The van der Waals surface area contributed by atoms with Crippen LogP contribution in [0, 0.1) is 0 Å². The zero-order valence-electron chi connectivity index (χ0n) is 13.7. The lowest BCUT2D eigenvalue weighted by Gasteiger charge is -2.08. The summed E-state index contributed by atoms with van der Waals surface area (Å²) in [6.07, 6.45) is -0.557. The number of sulfonamides is 1. The molecular weight excluding hydrogens is 362 g/mol. The van der Waals surface area contributed by atoms with E-state index >= 15 is 0 Å². The monoisotopic (exact) mass is 380 g/mol. The Bertz CT molecular complexity index is 1000. The molecule has 0 bridgehead atoms. The number of aromatic nitrogens is 2. The molecule has 0 aliphatic heterocycles. The molecule has 0 spiro atoms. The first kappa shape index (κ1) is 18.4. The lowest BCUT2D eigenvalue weighted by Crippen LogP contribution is -2.26. The van der Waals surface area contributed by atoms with E-state index in [1.807, 2.05) is 0 Å². The molecule has 3 rings (SSSR count). The van der Waals surface area contributed by atoms with Crippen molar-refractivity contribution in [2.24, 2.45) is 5.73 Å². The van der Waals surface area contributed by atoms with Crippen molar-refractivity contribution in [1.82, 2.24) is 14.7 Å². The van der Waals surface area contributed by atoms with Crippen LogP contribution in [-0.2, 0) is 10.0 Å². The first-order chi connectivity index (χ1) is 12.4. The van der Waals surface area contributed by atoms with Gasteiger partial charge in [-0.05, 0) is 48.4 Å². The average molecular weight is 380 g/mol. The van der Waals surface area contributed by atoms with Crippen LogP contribution in [-0.4, -0.2) is 31.5 Å². The van der Waals surface area contributed by atoms with E-state index in [1.54, 1.807) is 18.2 Å². The summed E-state index contributed by atoms with van der Waals surface area (Å²) < 4.78 is 52.7. The number of nitrogens with one attached hydrogen (secondary N) is 2. The van der Waals surface area contributed by atoms with Gasteiger partial charge in [0.25, 0.3) is 6.43 Å². The summed E-state index contributed by atoms with van der Waals surface area (Å²) in [5.41, 5.74) is 6.91. The second-order valence-electron chi connectivity index (χ2n) is 5.71. The summed E-state index contributed by atoms with van der Waals surface area (Å²) in [5, 5.41) is 0.555. The van der Waals surface area contributed by atoms with Gasteiger partial charge in [0.05, 0.1) is 10.6 Å². The van der Waals surface area contributed by atoms with Gasteiger partial charge in [0, 0.05) is 18.1 Å². The van der Waals surface area contributed by atoms with Crippen molar-refractivity contribution in [2.75, 3.05) is 13.1 Å². The van der Waals surface area contributed by atoms with Crippen molar-refractivity contribution in [3.63, 3.8) is 0 Å². The number of hydrogen-bond acceptors (Lipinski definition) is 4. The van der Waals surface area contributed by atoms with Crippen molar-refractivity contribution < 1.29 is 17.2 Å². The minimum Gasteiger partial charge on any atom is -0.338 e. The highest BCUT2D eigenvalue weighted by atomic mass is 32.2. The van der Waals surface area contributed by atoms with Gasteiger partial charge < -0.3 is 10.7 Å². The third-order valence-electron chi connectivity index (χ3n) is 3.94. The van der Waals surface area contributed by atoms with E-state index in [0.717, 1.165) is 0 Å². The molecule has 0 amide bonds. The van der Waals surface area contributed by atoms with Crippen LogP contribution in [0.1, 0.15) is 18.5 Å². The summed E-state index contributed by atoms with van der Waals surface area (Å²) in [7, 11) is -3.60. The first-order valence-corrected chi connectivity index (χ1v) is 9.46. The van der Waals surface area contributed by atoms with Gasteiger partial charge in [-0.25, -0.2) is 26.9 Å². The molecule has 0 aliphatic carbocycles. The molecule has 9 heteroatoms. The minimum absolute atomic E-state index is 0.130. The number of fused-ring (bicyclic) bond motifs is 1. The quantitative estimate of drug-likeness (QED) is 0.549. The van der Waals surface area contributed by atoms with E-state index < -0.39 is 16.4 Å². The van der Waals surface area contributed by atoms with Crippen molar-refractivity contribution in [3.05, 3.63) is 48.3 Å². The van der Waals surface area contributed by atoms with Crippen LogP contribution in [0.15, 0.2) is 47.5 Å². The Morgan fingerprint density at radius 1 is 1.19 bits per heavy atom. The highest BCUT2D eigenvalue weighted by Gasteiger charge is 2.16. The summed E-state index contributed by atoms with van der Waals surface area (Å²) in [5.74, 6) is 0. The van der Waals surface area contributed by atoms with E-state index in [4.69, 9.17) is 5.73 Å². The lowest BCUT2D eigenvalue weighted by molar-refractivity contribution is 0.147. The topological polar surface area (TPSA) is 101 Å². The van der Waals surface area contributed by atoms with E-state index in [0.29, 0.717) is 35.1 Å². The highest BCUT2D eigenvalue weighted by molar-refractivity contribution is 7.89. The van der Waals surface area contributed by atoms with Crippen molar-refractivity contribution >= 4 is 21.1 Å². The largest absolute Gasteiger partial charge is 0.338 e. The van der Waals surface area contributed by atoms with Crippen LogP contribution >= 0.6 is 0 Å². The molecule has 0 saturated heterocycles. The number of nitrogens with two attached hydrogens (primary N) is 1. The Balaban J connectivity index is 1.93. The number of aromatic amines is 1. The van der Waals surface area contributed by atoms with Gasteiger partial charge in [0.15, 0.2) is 0 Å². The summed E-state index contributed by atoms with van der Waals surface area (Å²) >= 11 is 0. The Labute approximate surface area is 149 Å². The smallest absolute Gasteiger partial charge is 0.278 e. The number of hydrogen-bond donors (Lipinski definition) is 3. The predicted molar refractivity (Wildman–Crippen MR) is 95.3 cm³/mol. The molecule has 6 nitrogen and oxygen atoms in total. The Kier molecular flexibility index (Phi) is 5.30. The van der Waals surface area contributed by atoms with Gasteiger partial charge >= 0.3 is 0 Å². The van der Waals surface area contributed by atoms with Gasteiger partial charge in [-0.2, -0.15) is 0 Å². The minimum atomic E-state index is -3.60. The molecule has 1 aromatic carbocycles. The Morgan fingerprint density at radius 3 is 2.58 bits per heavy atom. The van der Waals surface area contributed by atoms with E-state index in [9.17, 15) is 17.2 Å². The van der Waals surface area contributed by atoms with Crippen LogP contribution in [0.4, 0.5) is 8.78 Å². The van der Waals surface area contributed by atoms with E-state index in [-0.39, 0.29) is 17.1 Å². The highest BCUT2D eigenvalue weighted by Crippen LogP contribution is 2.31. The molecular formula is C17H18F2N4O2S. The SMILES string of the molecule is NCCCNS(=O)(=O)c1ccc(-c2ccnc3[nH]c(C(F)F)cc23)cc1. The second-order valence-corrected chi connectivity index (χ2v) is 7.48. The molecule has 0 atom stereocenters. The molecule has 26 heavy (non-hydrogen) atoms. The fourth-order valence-electron chi connectivity index (χ4n) is 2.62. The molecule has 0 radical (unpaired) electrons. The van der Waals surface area contributed by atoms with Crippen LogP contribution in [0.25, 0.3) is 22.2 Å². The standard InChI is InChI=1S/C17H18F2N4O2S/c18-16(19)15-10-14-13(6-9-21-17(14)23-15)11-2-4-12(5-3-11)26(24,25)22-8-1-7-20/h2-6,9-10,16,22H,1,7-8,20H2,(H,21,23). The molecule has 3 aromatic rings. The number of rotatable bonds is 7. The third-order valence-corrected chi connectivity index (χ3v) is 5.41.